The summed E-state index contributed by atoms with van der Waals surface area (Å²) in [5, 5.41) is 3.56. The van der Waals surface area contributed by atoms with Gasteiger partial charge >= 0.3 is 0 Å². The molecule has 5 nitrogen and oxygen atoms in total. The number of nitrogens with zero attached hydrogens (tertiary/aromatic N) is 1. The minimum atomic E-state index is -0.594. The zero-order chi connectivity index (χ0) is 14.1. The first-order valence-corrected chi connectivity index (χ1v) is 6.48. The molecular formula is C14H14FN3O2. The number of Topliss-reactive ketones (excluding diaryl/α,β-unsaturated/α-hetero) is 1. The fourth-order valence-corrected chi connectivity index (χ4v) is 2.43. The van der Waals surface area contributed by atoms with Gasteiger partial charge in [0.25, 0.3) is 11.7 Å². The zero-order valence-corrected chi connectivity index (χ0v) is 10.8. The number of aromatic nitrogens is 1. The summed E-state index contributed by atoms with van der Waals surface area (Å²) in [6.45, 7) is 2.39. The molecule has 104 valence electrons. The minimum Gasteiger partial charge on any atom is -0.358 e. The van der Waals surface area contributed by atoms with Crippen molar-refractivity contribution >= 4 is 22.6 Å². The Morgan fingerprint density at radius 1 is 1.20 bits per heavy atom. The molecule has 1 fully saturated rings. The second-order valence-electron chi connectivity index (χ2n) is 4.74. The van der Waals surface area contributed by atoms with E-state index < -0.39 is 17.5 Å². The number of amides is 1. The van der Waals surface area contributed by atoms with Crippen molar-refractivity contribution in [2.24, 2.45) is 0 Å². The van der Waals surface area contributed by atoms with Crippen molar-refractivity contribution in [2.45, 2.75) is 0 Å². The highest BCUT2D eigenvalue weighted by atomic mass is 19.1. The van der Waals surface area contributed by atoms with E-state index in [1.807, 2.05) is 0 Å². The second-order valence-corrected chi connectivity index (χ2v) is 4.74. The summed E-state index contributed by atoms with van der Waals surface area (Å²) < 4.78 is 13.6. The van der Waals surface area contributed by atoms with E-state index in [0.717, 1.165) is 0 Å². The maximum absolute atomic E-state index is 13.6. The first-order valence-electron chi connectivity index (χ1n) is 6.48. The van der Waals surface area contributed by atoms with E-state index in [1.54, 1.807) is 6.07 Å². The minimum absolute atomic E-state index is 0.225. The molecule has 1 aromatic carbocycles. The van der Waals surface area contributed by atoms with Gasteiger partial charge < -0.3 is 15.2 Å². The number of carbonyl (C=O) groups is 2. The molecule has 2 aromatic rings. The first-order chi connectivity index (χ1) is 9.68. The zero-order valence-electron chi connectivity index (χ0n) is 10.8. The molecule has 6 heteroatoms. The van der Waals surface area contributed by atoms with Gasteiger partial charge in [-0.15, -0.1) is 0 Å². The summed E-state index contributed by atoms with van der Waals surface area (Å²) in [5.74, 6) is -1.56. The van der Waals surface area contributed by atoms with Crippen LogP contribution in [0.3, 0.4) is 0 Å². The van der Waals surface area contributed by atoms with Gasteiger partial charge in [0.05, 0.1) is 11.1 Å². The summed E-state index contributed by atoms with van der Waals surface area (Å²) in [6.07, 6.45) is 1.40. The highest BCUT2D eigenvalue weighted by Crippen LogP contribution is 2.21. The number of ketones is 1. The van der Waals surface area contributed by atoms with E-state index >= 15 is 0 Å². The molecule has 0 radical (unpaired) electrons. The number of para-hydroxylation sites is 1. The molecule has 3 rings (SSSR count). The van der Waals surface area contributed by atoms with Crippen LogP contribution in [0.25, 0.3) is 10.9 Å². The maximum atomic E-state index is 13.6. The lowest BCUT2D eigenvalue weighted by molar-refractivity contribution is -0.126. The van der Waals surface area contributed by atoms with E-state index in [2.05, 4.69) is 10.3 Å². The number of carbonyl (C=O) groups excluding carboxylic acids is 2. The summed E-state index contributed by atoms with van der Waals surface area (Å²) in [5.41, 5.74) is 0.479. The molecule has 1 amide bonds. The van der Waals surface area contributed by atoms with Crippen molar-refractivity contribution in [1.29, 1.82) is 0 Å². The smallest absolute Gasteiger partial charge is 0.295 e. The normalized spacial score (nSPS) is 15.6. The average molecular weight is 275 g/mol. The molecule has 0 atom stereocenters. The number of rotatable bonds is 2. The molecule has 0 bridgehead atoms. The lowest BCUT2D eigenvalue weighted by Gasteiger charge is -2.26. The van der Waals surface area contributed by atoms with Crippen LogP contribution in [0.1, 0.15) is 10.4 Å². The van der Waals surface area contributed by atoms with Gasteiger partial charge in [-0.1, -0.05) is 12.1 Å². The van der Waals surface area contributed by atoms with Crippen LogP contribution in [0.2, 0.25) is 0 Å². The van der Waals surface area contributed by atoms with E-state index in [0.29, 0.717) is 31.6 Å². The van der Waals surface area contributed by atoms with Gasteiger partial charge in [-0.25, -0.2) is 4.39 Å². The molecule has 0 saturated carbocycles. The lowest BCUT2D eigenvalue weighted by atomic mass is 10.1. The van der Waals surface area contributed by atoms with E-state index in [-0.39, 0.29) is 11.1 Å². The summed E-state index contributed by atoms with van der Waals surface area (Å²) in [6, 6.07) is 4.47. The number of benzene rings is 1. The van der Waals surface area contributed by atoms with Gasteiger partial charge in [0, 0.05) is 37.8 Å². The molecule has 2 heterocycles. The number of hydrogen-bond donors (Lipinski definition) is 2. The Hall–Kier alpha value is -2.21. The van der Waals surface area contributed by atoms with Gasteiger partial charge in [0.1, 0.15) is 5.82 Å². The van der Waals surface area contributed by atoms with Crippen LogP contribution in [0.4, 0.5) is 4.39 Å². The predicted octanol–water partition coefficient (Wildman–Crippen LogP) is 0.921. The van der Waals surface area contributed by atoms with Crippen LogP contribution in [-0.4, -0.2) is 47.8 Å². The number of halogens is 1. The summed E-state index contributed by atoms with van der Waals surface area (Å²) in [4.78, 5) is 28.7. The molecule has 0 spiro atoms. The summed E-state index contributed by atoms with van der Waals surface area (Å²) >= 11 is 0. The third kappa shape index (κ3) is 2.08. The van der Waals surface area contributed by atoms with Gasteiger partial charge in [0.2, 0.25) is 0 Å². The van der Waals surface area contributed by atoms with Crippen LogP contribution in [0, 0.1) is 5.82 Å². The lowest BCUT2D eigenvalue weighted by Crippen LogP contribution is -2.48. The standard InChI is InChI=1S/C14H14FN3O2/c15-11-3-1-2-9-10(8-17-12(9)11)13(19)14(20)18-6-4-16-5-7-18/h1-3,8,16-17H,4-7H2. The van der Waals surface area contributed by atoms with Crippen molar-refractivity contribution in [3.05, 3.63) is 35.8 Å². The van der Waals surface area contributed by atoms with Crippen molar-refractivity contribution in [2.75, 3.05) is 26.2 Å². The molecule has 2 N–H and O–H groups in total. The number of nitrogens with one attached hydrogen (secondary N) is 2. The van der Waals surface area contributed by atoms with Crippen LogP contribution in [-0.2, 0) is 4.79 Å². The Balaban J connectivity index is 1.92. The Labute approximate surface area is 114 Å². The average Bonchev–Trinajstić information content (AvgIpc) is 2.92. The highest BCUT2D eigenvalue weighted by Gasteiger charge is 2.26. The Kier molecular flexibility index (Phi) is 3.23. The van der Waals surface area contributed by atoms with Crippen LogP contribution in [0.5, 0.6) is 0 Å². The molecule has 1 aliphatic heterocycles. The molecular weight excluding hydrogens is 261 g/mol. The van der Waals surface area contributed by atoms with E-state index in [4.69, 9.17) is 0 Å². The van der Waals surface area contributed by atoms with Crippen molar-refractivity contribution in [3.63, 3.8) is 0 Å². The maximum Gasteiger partial charge on any atom is 0.295 e. The van der Waals surface area contributed by atoms with Crippen molar-refractivity contribution in [1.82, 2.24) is 15.2 Å². The third-order valence-electron chi connectivity index (χ3n) is 3.51. The number of piperazine rings is 1. The number of fused-ring (bicyclic) bond motifs is 1. The molecule has 20 heavy (non-hydrogen) atoms. The molecule has 1 saturated heterocycles. The topological polar surface area (TPSA) is 65.2 Å². The number of aromatic amines is 1. The molecule has 0 unspecified atom stereocenters. The Morgan fingerprint density at radius 3 is 2.70 bits per heavy atom. The highest BCUT2D eigenvalue weighted by molar-refractivity contribution is 6.44. The SMILES string of the molecule is O=C(C(=O)N1CCNCC1)c1c[nH]c2c(F)cccc12. The van der Waals surface area contributed by atoms with Crippen LogP contribution >= 0.6 is 0 Å². The predicted molar refractivity (Wildman–Crippen MR) is 72.0 cm³/mol. The van der Waals surface area contributed by atoms with Crippen LogP contribution < -0.4 is 5.32 Å². The summed E-state index contributed by atoms with van der Waals surface area (Å²) in [7, 11) is 0. The second kappa shape index (κ2) is 5.05. The van der Waals surface area contributed by atoms with Gasteiger partial charge in [-0.05, 0) is 6.07 Å². The first kappa shape index (κ1) is 12.8. The fourth-order valence-electron chi connectivity index (χ4n) is 2.43. The number of hydrogen-bond acceptors (Lipinski definition) is 3. The van der Waals surface area contributed by atoms with Gasteiger partial charge in [0.15, 0.2) is 0 Å². The van der Waals surface area contributed by atoms with Crippen molar-refractivity contribution < 1.29 is 14.0 Å². The van der Waals surface area contributed by atoms with Gasteiger partial charge in [-0.2, -0.15) is 0 Å². The Morgan fingerprint density at radius 2 is 1.95 bits per heavy atom. The molecule has 1 aromatic heterocycles. The molecule has 1 aliphatic rings. The fraction of sp³-hybridized carbons (Fsp3) is 0.286. The quantitative estimate of drug-likeness (QED) is 0.633. The van der Waals surface area contributed by atoms with Crippen molar-refractivity contribution in [3.8, 4) is 0 Å². The van der Waals surface area contributed by atoms with E-state index in [9.17, 15) is 14.0 Å². The number of H-pyrrole nitrogens is 1. The molecule has 0 aliphatic carbocycles. The van der Waals surface area contributed by atoms with Gasteiger partial charge in [-0.3, -0.25) is 9.59 Å². The van der Waals surface area contributed by atoms with Crippen LogP contribution in [0.15, 0.2) is 24.4 Å². The monoisotopic (exact) mass is 275 g/mol. The van der Waals surface area contributed by atoms with E-state index in [1.165, 1.54) is 23.2 Å². The third-order valence-corrected chi connectivity index (χ3v) is 3.51. The Bertz CT molecular complexity index is 674. The largest absolute Gasteiger partial charge is 0.358 e.